The quantitative estimate of drug-likeness (QED) is 0.721. The average molecular weight is 362 g/mol. The molecule has 0 radical (unpaired) electrons. The molecule has 1 N–H and O–H groups in total. The standard InChI is InChI=1S/C23H26N2O2/c1-17-9-10-22(27-17)20-7-3-2-6-19(20)16-25-14-11-18(12-15-25)23(26)21-8-4-5-13-24-21/h2-10,13,18,23,26H,11-12,14-16H2,1H3/t23-/m0/s1. The summed E-state index contributed by atoms with van der Waals surface area (Å²) in [6.45, 7) is 4.85. The Hall–Kier alpha value is -2.43. The van der Waals surface area contributed by atoms with Gasteiger partial charge in [0.15, 0.2) is 0 Å². The Balaban J connectivity index is 1.40. The minimum Gasteiger partial charge on any atom is -0.461 e. The van der Waals surface area contributed by atoms with Crippen LogP contribution in [-0.2, 0) is 6.54 Å². The first-order valence-electron chi connectivity index (χ1n) is 9.67. The van der Waals surface area contributed by atoms with E-state index in [-0.39, 0.29) is 5.92 Å². The van der Waals surface area contributed by atoms with E-state index in [1.807, 2.05) is 37.3 Å². The van der Waals surface area contributed by atoms with Crippen molar-refractivity contribution in [1.82, 2.24) is 9.88 Å². The summed E-state index contributed by atoms with van der Waals surface area (Å²) in [5, 5.41) is 10.6. The molecule has 0 bridgehead atoms. The van der Waals surface area contributed by atoms with E-state index in [1.165, 1.54) is 11.1 Å². The Morgan fingerprint density at radius 2 is 1.85 bits per heavy atom. The molecule has 3 aromatic rings. The van der Waals surface area contributed by atoms with Gasteiger partial charge >= 0.3 is 0 Å². The molecule has 0 amide bonds. The topological polar surface area (TPSA) is 49.5 Å². The largest absolute Gasteiger partial charge is 0.461 e. The van der Waals surface area contributed by atoms with E-state index in [2.05, 4.69) is 34.1 Å². The lowest BCUT2D eigenvalue weighted by Crippen LogP contribution is -2.35. The van der Waals surface area contributed by atoms with Gasteiger partial charge in [0.05, 0.1) is 11.8 Å². The van der Waals surface area contributed by atoms with Crippen LogP contribution in [0.5, 0.6) is 0 Å². The van der Waals surface area contributed by atoms with Gasteiger partial charge in [-0.25, -0.2) is 0 Å². The van der Waals surface area contributed by atoms with Crippen LogP contribution in [0.4, 0.5) is 0 Å². The molecule has 4 nitrogen and oxygen atoms in total. The molecule has 1 atom stereocenters. The van der Waals surface area contributed by atoms with Crippen LogP contribution in [0.25, 0.3) is 11.3 Å². The molecule has 4 heteroatoms. The van der Waals surface area contributed by atoms with Crippen LogP contribution < -0.4 is 0 Å². The number of furan rings is 1. The minimum atomic E-state index is -0.466. The Morgan fingerprint density at radius 3 is 2.56 bits per heavy atom. The number of hydrogen-bond donors (Lipinski definition) is 1. The van der Waals surface area contributed by atoms with Gasteiger partial charge in [0.2, 0.25) is 0 Å². The van der Waals surface area contributed by atoms with Crippen molar-refractivity contribution >= 4 is 0 Å². The third kappa shape index (κ3) is 4.12. The van der Waals surface area contributed by atoms with Crippen molar-refractivity contribution in [3.05, 3.63) is 77.8 Å². The predicted molar refractivity (Wildman–Crippen MR) is 106 cm³/mol. The molecule has 4 rings (SSSR count). The Bertz CT molecular complexity index is 867. The fourth-order valence-corrected chi connectivity index (χ4v) is 3.94. The number of benzene rings is 1. The van der Waals surface area contributed by atoms with Crippen molar-refractivity contribution in [1.29, 1.82) is 0 Å². The van der Waals surface area contributed by atoms with E-state index in [9.17, 15) is 5.11 Å². The van der Waals surface area contributed by atoms with Gasteiger partial charge in [-0.05, 0) is 68.6 Å². The zero-order chi connectivity index (χ0) is 18.6. The second-order valence-corrected chi connectivity index (χ2v) is 7.38. The van der Waals surface area contributed by atoms with Crippen LogP contribution in [0.1, 0.15) is 36.0 Å². The molecule has 0 aliphatic carbocycles. The Labute approximate surface area is 160 Å². The molecule has 2 aromatic heterocycles. The number of rotatable bonds is 5. The second-order valence-electron chi connectivity index (χ2n) is 7.38. The highest BCUT2D eigenvalue weighted by atomic mass is 16.3. The number of piperidine rings is 1. The van der Waals surface area contributed by atoms with Gasteiger partial charge in [0, 0.05) is 18.3 Å². The number of aryl methyl sites for hydroxylation is 1. The van der Waals surface area contributed by atoms with Crippen molar-refractivity contribution in [2.45, 2.75) is 32.4 Å². The van der Waals surface area contributed by atoms with Gasteiger partial charge in [0.1, 0.15) is 11.5 Å². The van der Waals surface area contributed by atoms with Gasteiger partial charge < -0.3 is 9.52 Å². The maximum absolute atomic E-state index is 10.6. The molecular formula is C23H26N2O2. The Kier molecular flexibility index (Phi) is 5.37. The fourth-order valence-electron chi connectivity index (χ4n) is 3.94. The molecule has 27 heavy (non-hydrogen) atoms. The maximum atomic E-state index is 10.6. The molecular weight excluding hydrogens is 336 g/mol. The zero-order valence-electron chi connectivity index (χ0n) is 15.7. The summed E-state index contributed by atoms with van der Waals surface area (Å²) in [7, 11) is 0. The highest BCUT2D eigenvalue weighted by Crippen LogP contribution is 2.32. The van der Waals surface area contributed by atoms with Gasteiger partial charge in [0.25, 0.3) is 0 Å². The monoisotopic (exact) mass is 362 g/mol. The normalized spacial score (nSPS) is 17.1. The van der Waals surface area contributed by atoms with Gasteiger partial charge in [-0.2, -0.15) is 0 Å². The fraction of sp³-hybridized carbons (Fsp3) is 0.348. The molecule has 0 saturated carbocycles. The van der Waals surface area contributed by atoms with Gasteiger partial charge in [-0.3, -0.25) is 9.88 Å². The van der Waals surface area contributed by atoms with Gasteiger partial charge in [-0.15, -0.1) is 0 Å². The third-order valence-electron chi connectivity index (χ3n) is 5.49. The first-order chi connectivity index (χ1) is 13.2. The molecule has 140 valence electrons. The number of aromatic nitrogens is 1. The minimum absolute atomic E-state index is 0.277. The molecule has 1 fully saturated rings. The van der Waals surface area contributed by atoms with Crippen LogP contribution in [-0.4, -0.2) is 28.1 Å². The second kappa shape index (κ2) is 8.07. The van der Waals surface area contributed by atoms with E-state index >= 15 is 0 Å². The van der Waals surface area contributed by atoms with Crippen molar-refractivity contribution in [2.75, 3.05) is 13.1 Å². The van der Waals surface area contributed by atoms with Crippen molar-refractivity contribution in [2.24, 2.45) is 5.92 Å². The lowest BCUT2D eigenvalue weighted by molar-refractivity contribution is 0.0540. The zero-order valence-corrected chi connectivity index (χ0v) is 15.7. The summed E-state index contributed by atoms with van der Waals surface area (Å²) in [6.07, 6.45) is 3.26. The van der Waals surface area contributed by atoms with Crippen LogP contribution >= 0.6 is 0 Å². The summed E-state index contributed by atoms with van der Waals surface area (Å²) >= 11 is 0. The van der Waals surface area contributed by atoms with Crippen LogP contribution in [0, 0.1) is 12.8 Å². The van der Waals surface area contributed by atoms with Crippen LogP contribution in [0.3, 0.4) is 0 Å². The smallest absolute Gasteiger partial charge is 0.134 e. The lowest BCUT2D eigenvalue weighted by atomic mass is 9.89. The van der Waals surface area contributed by atoms with Crippen molar-refractivity contribution < 1.29 is 9.52 Å². The molecule has 1 aromatic carbocycles. The molecule has 1 aliphatic rings. The van der Waals surface area contributed by atoms with E-state index in [0.717, 1.165) is 49.7 Å². The van der Waals surface area contributed by atoms with E-state index in [4.69, 9.17) is 4.42 Å². The van der Waals surface area contributed by atoms with Crippen molar-refractivity contribution in [3.63, 3.8) is 0 Å². The van der Waals surface area contributed by atoms with E-state index in [0.29, 0.717) is 0 Å². The first kappa shape index (κ1) is 18.0. The van der Waals surface area contributed by atoms with Crippen LogP contribution in [0.15, 0.2) is 65.2 Å². The number of likely N-dealkylation sites (tertiary alicyclic amines) is 1. The highest BCUT2D eigenvalue weighted by Gasteiger charge is 2.27. The van der Waals surface area contributed by atoms with E-state index in [1.54, 1.807) is 6.20 Å². The van der Waals surface area contributed by atoms with Crippen molar-refractivity contribution in [3.8, 4) is 11.3 Å². The summed E-state index contributed by atoms with van der Waals surface area (Å²) in [6, 6.07) is 18.3. The highest BCUT2D eigenvalue weighted by molar-refractivity contribution is 5.62. The average Bonchev–Trinajstić information content (AvgIpc) is 3.15. The van der Waals surface area contributed by atoms with Gasteiger partial charge in [-0.1, -0.05) is 30.3 Å². The summed E-state index contributed by atoms with van der Waals surface area (Å²) in [4.78, 5) is 6.78. The molecule has 0 unspecified atom stereocenters. The number of hydrogen-bond acceptors (Lipinski definition) is 4. The summed E-state index contributed by atoms with van der Waals surface area (Å²) < 4.78 is 5.84. The lowest BCUT2D eigenvalue weighted by Gasteiger charge is -2.34. The first-order valence-corrected chi connectivity index (χ1v) is 9.67. The number of aliphatic hydroxyl groups excluding tert-OH is 1. The molecule has 1 saturated heterocycles. The third-order valence-corrected chi connectivity index (χ3v) is 5.49. The van der Waals surface area contributed by atoms with E-state index < -0.39 is 6.10 Å². The molecule has 1 aliphatic heterocycles. The predicted octanol–water partition coefficient (Wildman–Crippen LogP) is 4.60. The summed E-state index contributed by atoms with van der Waals surface area (Å²) in [5.41, 5.74) is 3.24. The number of nitrogens with zero attached hydrogens (tertiary/aromatic N) is 2. The Morgan fingerprint density at radius 1 is 1.07 bits per heavy atom. The number of pyridine rings is 1. The molecule has 3 heterocycles. The summed E-state index contributed by atoms with van der Waals surface area (Å²) in [5.74, 6) is 2.15. The maximum Gasteiger partial charge on any atom is 0.134 e. The van der Waals surface area contributed by atoms with Crippen LogP contribution in [0.2, 0.25) is 0 Å². The molecule has 0 spiro atoms. The number of aliphatic hydroxyl groups is 1. The SMILES string of the molecule is Cc1ccc(-c2ccccc2CN2CCC([C@H](O)c3ccccn3)CC2)o1.